The Morgan fingerprint density at radius 1 is 1.15 bits per heavy atom. The average Bonchev–Trinajstić information content (AvgIpc) is 3.13. The Balaban J connectivity index is 1.04. The number of carbonyl (C=O) groups is 1. The first-order chi connectivity index (χ1) is 16.4. The second-order valence-electron chi connectivity index (χ2n) is 11.8. The molecule has 5 nitrogen and oxygen atoms in total. The molecule has 1 amide bonds. The molecular formula is C27H30F2N4O. The van der Waals surface area contributed by atoms with E-state index in [9.17, 15) is 13.6 Å². The van der Waals surface area contributed by atoms with Gasteiger partial charge in [0.1, 0.15) is 23.7 Å². The summed E-state index contributed by atoms with van der Waals surface area (Å²) in [4.78, 5) is 24.1. The van der Waals surface area contributed by atoms with Gasteiger partial charge in [-0.05, 0) is 79.6 Å². The first kappa shape index (κ1) is 20.9. The predicted molar refractivity (Wildman–Crippen MR) is 122 cm³/mol. The summed E-state index contributed by atoms with van der Waals surface area (Å²) in [5.74, 6) is 1.53. The first-order valence-electron chi connectivity index (χ1n) is 12.7. The normalized spacial score (nSPS) is 35.1. The van der Waals surface area contributed by atoms with E-state index in [0.717, 1.165) is 41.6 Å². The van der Waals surface area contributed by atoms with Gasteiger partial charge in [0.05, 0.1) is 5.69 Å². The molecule has 1 aromatic heterocycles. The predicted octanol–water partition coefficient (Wildman–Crippen LogP) is 4.26. The Labute approximate surface area is 198 Å². The summed E-state index contributed by atoms with van der Waals surface area (Å²) in [6, 6.07) is 3.70. The van der Waals surface area contributed by atoms with Crippen molar-refractivity contribution in [1.29, 1.82) is 0 Å². The highest BCUT2D eigenvalue weighted by atomic mass is 19.1. The minimum absolute atomic E-state index is 0.0859. The van der Waals surface area contributed by atoms with Gasteiger partial charge in [-0.15, -0.1) is 0 Å². The fourth-order valence-corrected chi connectivity index (χ4v) is 8.73. The maximum absolute atomic E-state index is 14.1. The number of fused-ring (bicyclic) bond motifs is 3. The molecule has 1 aliphatic heterocycles. The van der Waals surface area contributed by atoms with Gasteiger partial charge in [-0.25, -0.2) is 18.7 Å². The highest BCUT2D eigenvalue weighted by molar-refractivity contribution is 5.94. The Hall–Kier alpha value is -2.41. The van der Waals surface area contributed by atoms with Gasteiger partial charge in [-0.3, -0.25) is 9.69 Å². The number of halogens is 2. The van der Waals surface area contributed by atoms with Crippen molar-refractivity contribution in [2.75, 3.05) is 13.1 Å². The number of aromatic nitrogens is 2. The van der Waals surface area contributed by atoms with Crippen LogP contribution in [0.3, 0.4) is 0 Å². The quantitative estimate of drug-likeness (QED) is 0.719. The molecule has 4 aliphatic carbocycles. The van der Waals surface area contributed by atoms with Crippen LogP contribution in [0.15, 0.2) is 24.5 Å². The van der Waals surface area contributed by atoms with Crippen molar-refractivity contribution in [3.8, 4) is 0 Å². The standard InChI is InChI=1S/C27H30F2N4O/c28-20-2-1-17(22(29)7-20)11-33-4-3-21-23(12-33)31-15-32-24(21)25(34)30-14-26-8-16-5-18-6-19(10-26)27(18,9-16)13-26/h1-2,7,15-16,18-19H,3-6,8-14H2,(H,30,34). The number of benzene rings is 1. The van der Waals surface area contributed by atoms with E-state index >= 15 is 0 Å². The van der Waals surface area contributed by atoms with E-state index < -0.39 is 11.6 Å². The zero-order chi connectivity index (χ0) is 23.1. The van der Waals surface area contributed by atoms with Gasteiger partial charge in [-0.1, -0.05) is 6.07 Å². The summed E-state index contributed by atoms with van der Waals surface area (Å²) in [6.07, 6.45) is 10.3. The van der Waals surface area contributed by atoms with Crippen molar-refractivity contribution in [3.63, 3.8) is 0 Å². The van der Waals surface area contributed by atoms with Crippen LogP contribution in [-0.2, 0) is 19.5 Å². The lowest BCUT2D eigenvalue weighted by molar-refractivity contribution is -0.00254. The van der Waals surface area contributed by atoms with Gasteiger partial charge in [0.15, 0.2) is 0 Å². The lowest BCUT2D eigenvalue weighted by Gasteiger charge is -2.49. The number of nitrogens with one attached hydrogen (secondary N) is 1. The average molecular weight is 465 g/mol. The third-order valence-electron chi connectivity index (χ3n) is 9.92. The summed E-state index contributed by atoms with van der Waals surface area (Å²) in [5.41, 5.74) is 3.59. The van der Waals surface area contributed by atoms with E-state index in [1.54, 1.807) is 0 Å². The van der Waals surface area contributed by atoms with Crippen molar-refractivity contribution in [1.82, 2.24) is 20.2 Å². The van der Waals surface area contributed by atoms with E-state index in [1.807, 2.05) is 0 Å². The molecule has 34 heavy (non-hydrogen) atoms. The van der Waals surface area contributed by atoms with Gasteiger partial charge < -0.3 is 5.32 Å². The highest BCUT2D eigenvalue weighted by Gasteiger charge is 2.70. The van der Waals surface area contributed by atoms with Crippen LogP contribution in [0.4, 0.5) is 8.78 Å². The fourth-order valence-electron chi connectivity index (χ4n) is 8.73. The zero-order valence-corrected chi connectivity index (χ0v) is 19.3. The maximum Gasteiger partial charge on any atom is 0.270 e. The van der Waals surface area contributed by atoms with Crippen LogP contribution < -0.4 is 5.32 Å². The lowest BCUT2D eigenvalue weighted by atomic mass is 9.55. The van der Waals surface area contributed by atoms with Crippen LogP contribution in [0, 0.1) is 40.2 Å². The molecule has 0 saturated heterocycles. The summed E-state index contributed by atoms with van der Waals surface area (Å²) >= 11 is 0. The van der Waals surface area contributed by atoms with Gasteiger partial charge in [-0.2, -0.15) is 0 Å². The molecule has 1 N–H and O–H groups in total. The van der Waals surface area contributed by atoms with Crippen LogP contribution in [0.25, 0.3) is 0 Å². The van der Waals surface area contributed by atoms with Gasteiger partial charge >= 0.3 is 0 Å². The number of nitrogens with zero attached hydrogens (tertiary/aromatic N) is 3. The lowest BCUT2D eigenvalue weighted by Crippen LogP contribution is -2.43. The first-order valence-corrected chi connectivity index (χ1v) is 12.7. The smallest absolute Gasteiger partial charge is 0.270 e. The van der Waals surface area contributed by atoms with E-state index in [2.05, 4.69) is 20.2 Å². The van der Waals surface area contributed by atoms with Crippen LogP contribution in [0.2, 0.25) is 0 Å². The van der Waals surface area contributed by atoms with Crippen LogP contribution in [-0.4, -0.2) is 33.9 Å². The maximum atomic E-state index is 14.1. The molecule has 7 rings (SSSR count). The summed E-state index contributed by atoms with van der Waals surface area (Å²) in [7, 11) is 0. The Morgan fingerprint density at radius 3 is 2.94 bits per heavy atom. The van der Waals surface area contributed by atoms with Crippen molar-refractivity contribution >= 4 is 5.91 Å². The number of amides is 1. The van der Waals surface area contributed by atoms with Gasteiger partial charge in [0.2, 0.25) is 0 Å². The second-order valence-corrected chi connectivity index (χ2v) is 11.8. The molecule has 4 fully saturated rings. The Kier molecular flexibility index (Phi) is 4.49. The third kappa shape index (κ3) is 3.08. The molecule has 7 heteroatoms. The number of hydrogen-bond acceptors (Lipinski definition) is 4. The van der Waals surface area contributed by atoms with Gasteiger partial charge in [0.25, 0.3) is 5.91 Å². The number of carbonyl (C=O) groups excluding carboxylic acids is 1. The van der Waals surface area contributed by atoms with E-state index in [4.69, 9.17) is 0 Å². The molecule has 3 bridgehead atoms. The van der Waals surface area contributed by atoms with Crippen LogP contribution in [0.1, 0.15) is 65.8 Å². The molecular weight excluding hydrogens is 434 g/mol. The van der Waals surface area contributed by atoms with E-state index in [1.165, 1.54) is 57.0 Å². The molecule has 5 aliphatic rings. The zero-order valence-electron chi connectivity index (χ0n) is 19.3. The molecule has 5 unspecified atom stereocenters. The Bertz CT molecular complexity index is 1180. The summed E-state index contributed by atoms with van der Waals surface area (Å²) in [6.45, 7) is 2.34. The highest BCUT2D eigenvalue weighted by Crippen LogP contribution is 2.78. The fraction of sp³-hybridized carbons (Fsp3) is 0.593. The monoisotopic (exact) mass is 464 g/mol. The van der Waals surface area contributed by atoms with Crippen molar-refractivity contribution in [2.24, 2.45) is 28.6 Å². The molecule has 1 aromatic carbocycles. The van der Waals surface area contributed by atoms with Crippen molar-refractivity contribution in [2.45, 2.75) is 58.0 Å². The Morgan fingerprint density at radius 2 is 2.06 bits per heavy atom. The van der Waals surface area contributed by atoms with Crippen LogP contribution >= 0.6 is 0 Å². The number of hydrogen-bond donors (Lipinski definition) is 1. The van der Waals surface area contributed by atoms with E-state index in [-0.39, 0.29) is 11.3 Å². The molecule has 178 valence electrons. The summed E-state index contributed by atoms with van der Waals surface area (Å²) < 4.78 is 27.3. The largest absolute Gasteiger partial charge is 0.350 e. The molecule has 1 spiro atoms. The molecule has 0 radical (unpaired) electrons. The van der Waals surface area contributed by atoms with Crippen LogP contribution in [0.5, 0.6) is 0 Å². The molecule has 4 saturated carbocycles. The minimum Gasteiger partial charge on any atom is -0.350 e. The third-order valence-corrected chi connectivity index (χ3v) is 9.92. The second kappa shape index (κ2) is 7.30. The molecule has 2 aromatic rings. The van der Waals surface area contributed by atoms with Crippen molar-refractivity contribution < 1.29 is 13.6 Å². The molecule has 5 atom stereocenters. The number of rotatable bonds is 5. The molecule has 2 heterocycles. The van der Waals surface area contributed by atoms with Crippen molar-refractivity contribution in [3.05, 3.63) is 58.7 Å². The minimum atomic E-state index is -0.571. The topological polar surface area (TPSA) is 58.1 Å². The van der Waals surface area contributed by atoms with Gasteiger partial charge in [0, 0.05) is 43.4 Å². The van der Waals surface area contributed by atoms with E-state index in [0.29, 0.717) is 42.7 Å². The SMILES string of the molecule is O=C(NCC12CC3CC4CC(C1)C4(C3)C2)c1ncnc2c1CCN(Cc1ccc(F)cc1F)C2. The summed E-state index contributed by atoms with van der Waals surface area (Å²) in [5, 5.41) is 3.28.